The predicted molar refractivity (Wildman–Crippen MR) is 101 cm³/mol. The van der Waals surface area contributed by atoms with Crippen LogP contribution in [-0.2, 0) is 31.4 Å². The first kappa shape index (κ1) is 17.7. The topological polar surface area (TPSA) is 48.1 Å². The van der Waals surface area contributed by atoms with Crippen LogP contribution in [0.25, 0.3) is 0 Å². The van der Waals surface area contributed by atoms with Gasteiger partial charge in [0.1, 0.15) is 0 Å². The maximum absolute atomic E-state index is 6.20. The SMILES string of the molecule is Cc1c(CN2Cc3ccnn3CC[C@H]2COCC2CCCC2)cnn1C. The van der Waals surface area contributed by atoms with Gasteiger partial charge in [-0.1, -0.05) is 12.8 Å². The Morgan fingerprint density at radius 1 is 1.15 bits per heavy atom. The normalized spacial score (nSPS) is 21.8. The van der Waals surface area contributed by atoms with Crippen molar-refractivity contribution in [3.05, 3.63) is 35.4 Å². The molecule has 6 nitrogen and oxygen atoms in total. The summed E-state index contributed by atoms with van der Waals surface area (Å²) < 4.78 is 10.3. The van der Waals surface area contributed by atoms with Crippen LogP contribution in [0.5, 0.6) is 0 Å². The Hall–Kier alpha value is -1.66. The molecule has 0 bridgehead atoms. The molecule has 2 aromatic rings. The van der Waals surface area contributed by atoms with Gasteiger partial charge in [0, 0.05) is 56.8 Å². The first-order chi connectivity index (χ1) is 12.7. The first-order valence-electron chi connectivity index (χ1n) is 10.0. The maximum Gasteiger partial charge on any atom is 0.0622 e. The van der Waals surface area contributed by atoms with Crippen LogP contribution in [0, 0.1) is 12.8 Å². The van der Waals surface area contributed by atoms with Crippen molar-refractivity contribution < 1.29 is 4.74 Å². The summed E-state index contributed by atoms with van der Waals surface area (Å²) in [6.45, 7) is 6.72. The third-order valence-electron chi connectivity index (χ3n) is 6.21. The molecule has 0 N–H and O–H groups in total. The standard InChI is InChI=1S/C20H31N5O/c1-16-18(11-22-23(16)2)12-24-13-19-7-9-21-25(19)10-8-20(24)15-26-14-17-5-3-4-6-17/h7,9,11,17,20H,3-6,8,10,12-15H2,1-2H3/t20-/m0/s1. The fraction of sp³-hybridized carbons (Fsp3) is 0.700. The Morgan fingerprint density at radius 2 is 2.00 bits per heavy atom. The van der Waals surface area contributed by atoms with Gasteiger partial charge in [-0.25, -0.2) is 0 Å². The second-order valence-electron chi connectivity index (χ2n) is 7.96. The van der Waals surface area contributed by atoms with Gasteiger partial charge >= 0.3 is 0 Å². The van der Waals surface area contributed by atoms with E-state index in [2.05, 4.69) is 32.8 Å². The Morgan fingerprint density at radius 3 is 2.77 bits per heavy atom. The summed E-state index contributed by atoms with van der Waals surface area (Å²) in [7, 11) is 2.01. The Bertz CT molecular complexity index is 716. The maximum atomic E-state index is 6.20. The molecule has 0 spiro atoms. The van der Waals surface area contributed by atoms with Crippen molar-refractivity contribution in [1.29, 1.82) is 0 Å². The van der Waals surface area contributed by atoms with E-state index in [1.165, 1.54) is 42.6 Å². The van der Waals surface area contributed by atoms with Gasteiger partial charge in [-0.3, -0.25) is 14.3 Å². The molecule has 0 unspecified atom stereocenters. The molecule has 1 atom stereocenters. The second-order valence-corrected chi connectivity index (χ2v) is 7.96. The molecule has 1 fully saturated rings. The summed E-state index contributed by atoms with van der Waals surface area (Å²) in [4.78, 5) is 2.55. The van der Waals surface area contributed by atoms with Gasteiger partial charge in [0.15, 0.2) is 0 Å². The quantitative estimate of drug-likeness (QED) is 0.798. The van der Waals surface area contributed by atoms with E-state index in [0.29, 0.717) is 6.04 Å². The largest absolute Gasteiger partial charge is 0.380 e. The fourth-order valence-corrected chi connectivity index (χ4v) is 4.33. The average Bonchev–Trinajstić information content (AvgIpc) is 3.35. The van der Waals surface area contributed by atoms with Crippen molar-refractivity contribution in [2.75, 3.05) is 13.2 Å². The molecule has 1 saturated carbocycles. The van der Waals surface area contributed by atoms with Gasteiger partial charge in [0.2, 0.25) is 0 Å². The number of ether oxygens (including phenoxy) is 1. The molecule has 2 aromatic heterocycles. The zero-order valence-electron chi connectivity index (χ0n) is 16.1. The van der Waals surface area contributed by atoms with E-state index in [1.54, 1.807) is 0 Å². The van der Waals surface area contributed by atoms with Crippen molar-refractivity contribution in [2.24, 2.45) is 13.0 Å². The molecular formula is C20H31N5O. The molecule has 2 aliphatic rings. The Balaban J connectivity index is 1.44. The highest BCUT2D eigenvalue weighted by Gasteiger charge is 2.26. The highest BCUT2D eigenvalue weighted by atomic mass is 16.5. The van der Waals surface area contributed by atoms with E-state index >= 15 is 0 Å². The Labute approximate surface area is 156 Å². The molecule has 1 aliphatic heterocycles. The first-order valence-corrected chi connectivity index (χ1v) is 10.0. The van der Waals surface area contributed by atoms with Gasteiger partial charge in [-0.15, -0.1) is 0 Å². The van der Waals surface area contributed by atoms with Gasteiger partial charge in [0.05, 0.1) is 18.5 Å². The Kier molecular flexibility index (Phi) is 5.41. The molecule has 3 heterocycles. The van der Waals surface area contributed by atoms with Crippen molar-refractivity contribution >= 4 is 0 Å². The molecular weight excluding hydrogens is 326 g/mol. The molecule has 0 saturated heterocycles. The van der Waals surface area contributed by atoms with Gasteiger partial charge in [-0.2, -0.15) is 10.2 Å². The fourth-order valence-electron chi connectivity index (χ4n) is 4.33. The van der Waals surface area contributed by atoms with E-state index in [9.17, 15) is 0 Å². The molecule has 0 aromatic carbocycles. The predicted octanol–water partition coefficient (Wildman–Crippen LogP) is 2.91. The minimum Gasteiger partial charge on any atom is -0.380 e. The lowest BCUT2D eigenvalue weighted by Gasteiger charge is -2.29. The second kappa shape index (κ2) is 7.92. The average molecular weight is 358 g/mol. The number of aromatic nitrogens is 4. The van der Waals surface area contributed by atoms with Gasteiger partial charge in [-0.05, 0) is 38.2 Å². The van der Waals surface area contributed by atoms with Crippen LogP contribution in [0.4, 0.5) is 0 Å². The summed E-state index contributed by atoms with van der Waals surface area (Å²) in [5, 5.41) is 8.91. The zero-order valence-corrected chi connectivity index (χ0v) is 16.1. The molecule has 4 rings (SSSR count). The number of nitrogens with zero attached hydrogens (tertiary/aromatic N) is 5. The van der Waals surface area contributed by atoms with Crippen LogP contribution < -0.4 is 0 Å². The minimum atomic E-state index is 0.428. The van der Waals surface area contributed by atoms with E-state index in [4.69, 9.17) is 4.74 Å². The third-order valence-corrected chi connectivity index (χ3v) is 6.21. The van der Waals surface area contributed by atoms with Gasteiger partial charge < -0.3 is 4.74 Å². The van der Waals surface area contributed by atoms with E-state index in [1.807, 2.05) is 24.1 Å². The number of hydrogen-bond donors (Lipinski definition) is 0. The van der Waals surface area contributed by atoms with Crippen molar-refractivity contribution in [1.82, 2.24) is 24.5 Å². The molecule has 26 heavy (non-hydrogen) atoms. The molecule has 0 amide bonds. The van der Waals surface area contributed by atoms with Crippen molar-refractivity contribution in [2.45, 2.75) is 64.7 Å². The third kappa shape index (κ3) is 3.86. The van der Waals surface area contributed by atoms with Crippen molar-refractivity contribution in [3.8, 4) is 0 Å². The zero-order chi connectivity index (χ0) is 17.9. The number of fused-ring (bicyclic) bond motifs is 1. The van der Waals surface area contributed by atoms with Crippen LogP contribution in [0.3, 0.4) is 0 Å². The molecule has 0 radical (unpaired) electrons. The minimum absolute atomic E-state index is 0.428. The van der Waals surface area contributed by atoms with E-state index in [0.717, 1.165) is 45.2 Å². The van der Waals surface area contributed by atoms with E-state index in [-0.39, 0.29) is 0 Å². The molecule has 6 heteroatoms. The van der Waals surface area contributed by atoms with E-state index < -0.39 is 0 Å². The summed E-state index contributed by atoms with van der Waals surface area (Å²) in [5.74, 6) is 0.783. The summed E-state index contributed by atoms with van der Waals surface area (Å²) in [6.07, 6.45) is 10.5. The van der Waals surface area contributed by atoms with Crippen LogP contribution in [0.1, 0.15) is 49.1 Å². The monoisotopic (exact) mass is 357 g/mol. The lowest BCUT2D eigenvalue weighted by Crippen LogP contribution is -2.37. The summed E-state index contributed by atoms with van der Waals surface area (Å²) in [5.41, 5.74) is 3.85. The molecule has 142 valence electrons. The van der Waals surface area contributed by atoms with Crippen molar-refractivity contribution in [3.63, 3.8) is 0 Å². The summed E-state index contributed by atoms with van der Waals surface area (Å²) >= 11 is 0. The number of aryl methyl sites for hydroxylation is 2. The highest BCUT2D eigenvalue weighted by Crippen LogP contribution is 2.26. The number of rotatable bonds is 6. The lowest BCUT2D eigenvalue weighted by molar-refractivity contribution is 0.0340. The van der Waals surface area contributed by atoms with Crippen LogP contribution in [0.15, 0.2) is 18.5 Å². The number of hydrogen-bond acceptors (Lipinski definition) is 4. The smallest absolute Gasteiger partial charge is 0.0622 e. The van der Waals surface area contributed by atoms with Crippen LogP contribution >= 0.6 is 0 Å². The van der Waals surface area contributed by atoms with Crippen LogP contribution in [-0.4, -0.2) is 43.7 Å². The van der Waals surface area contributed by atoms with Gasteiger partial charge in [0.25, 0.3) is 0 Å². The summed E-state index contributed by atoms with van der Waals surface area (Å²) in [6, 6.07) is 2.57. The van der Waals surface area contributed by atoms with Crippen LogP contribution in [0.2, 0.25) is 0 Å². The highest BCUT2D eigenvalue weighted by molar-refractivity contribution is 5.16. The molecule has 1 aliphatic carbocycles. The lowest BCUT2D eigenvalue weighted by atomic mass is 10.1.